The van der Waals surface area contributed by atoms with Crippen LogP contribution in [0.25, 0.3) is 11.1 Å². The Balaban J connectivity index is 1.74. The fourth-order valence-corrected chi connectivity index (χ4v) is 4.28. The normalized spacial score (nSPS) is 12.0. The molecule has 27 heavy (non-hydrogen) atoms. The van der Waals surface area contributed by atoms with Gasteiger partial charge in [-0.15, -0.1) is 0 Å². The molecule has 2 heteroatoms. The van der Waals surface area contributed by atoms with Gasteiger partial charge in [-0.2, -0.15) is 0 Å². The van der Waals surface area contributed by atoms with Gasteiger partial charge in [0.25, 0.3) is 0 Å². The monoisotopic (exact) mass is 356 g/mol. The molecule has 0 spiro atoms. The lowest BCUT2D eigenvalue weighted by atomic mass is 9.94. The average molecular weight is 357 g/mol. The van der Waals surface area contributed by atoms with Gasteiger partial charge in [0.2, 0.25) is 0 Å². The molecular weight excluding hydrogens is 328 g/mol. The van der Waals surface area contributed by atoms with Crippen LogP contribution in [-0.2, 0) is 12.8 Å². The molecule has 4 rings (SSSR count). The Morgan fingerprint density at radius 3 is 2.37 bits per heavy atom. The summed E-state index contributed by atoms with van der Waals surface area (Å²) >= 11 is 0. The standard InChI is InChI=1S/C25H28N2/c1-4-27(5-2)21-15-23-22-11-17(3)19(12-18-9-7-6-8-10-18)13-20(22)14-24(23)25(26)16-21/h6-11,13,15-16H,4-5,12,14,26H2,1-3H3. The number of anilines is 2. The predicted octanol–water partition coefficient (Wildman–Crippen LogP) is 5.59. The zero-order valence-electron chi connectivity index (χ0n) is 16.5. The van der Waals surface area contributed by atoms with E-state index in [0.29, 0.717) is 0 Å². The van der Waals surface area contributed by atoms with Crippen molar-refractivity contribution in [2.45, 2.75) is 33.6 Å². The molecule has 0 aromatic heterocycles. The molecule has 0 unspecified atom stereocenters. The second-order valence-corrected chi connectivity index (χ2v) is 7.51. The molecule has 3 aromatic rings. The molecule has 1 aliphatic rings. The highest BCUT2D eigenvalue weighted by Gasteiger charge is 2.23. The summed E-state index contributed by atoms with van der Waals surface area (Å²) in [6.45, 7) is 8.61. The maximum Gasteiger partial charge on any atom is 0.0393 e. The van der Waals surface area contributed by atoms with Crippen LogP contribution in [0.2, 0.25) is 0 Å². The van der Waals surface area contributed by atoms with E-state index in [-0.39, 0.29) is 0 Å². The van der Waals surface area contributed by atoms with Crippen molar-refractivity contribution in [3.63, 3.8) is 0 Å². The smallest absolute Gasteiger partial charge is 0.0393 e. The van der Waals surface area contributed by atoms with E-state index >= 15 is 0 Å². The Labute approximate surface area is 162 Å². The van der Waals surface area contributed by atoms with Gasteiger partial charge in [-0.3, -0.25) is 0 Å². The second kappa shape index (κ2) is 7.11. The summed E-state index contributed by atoms with van der Waals surface area (Å²) < 4.78 is 0. The third kappa shape index (κ3) is 3.21. The van der Waals surface area contributed by atoms with Gasteiger partial charge in [0.1, 0.15) is 0 Å². The first-order chi connectivity index (χ1) is 13.1. The fourth-order valence-electron chi connectivity index (χ4n) is 4.28. The van der Waals surface area contributed by atoms with Gasteiger partial charge >= 0.3 is 0 Å². The van der Waals surface area contributed by atoms with Crippen molar-refractivity contribution < 1.29 is 0 Å². The summed E-state index contributed by atoms with van der Waals surface area (Å²) in [4.78, 5) is 2.37. The number of nitrogens with zero attached hydrogens (tertiary/aromatic N) is 1. The van der Waals surface area contributed by atoms with E-state index < -0.39 is 0 Å². The maximum absolute atomic E-state index is 6.47. The molecule has 2 N–H and O–H groups in total. The second-order valence-electron chi connectivity index (χ2n) is 7.51. The molecule has 0 aliphatic heterocycles. The van der Waals surface area contributed by atoms with E-state index in [9.17, 15) is 0 Å². The first-order valence-corrected chi connectivity index (χ1v) is 9.94. The number of nitrogen functional groups attached to an aromatic ring is 1. The molecule has 0 saturated heterocycles. The molecule has 138 valence electrons. The zero-order chi connectivity index (χ0) is 19.0. The van der Waals surface area contributed by atoms with Gasteiger partial charge in [0.05, 0.1) is 0 Å². The molecule has 2 nitrogen and oxygen atoms in total. The number of benzene rings is 3. The van der Waals surface area contributed by atoms with E-state index in [1.165, 1.54) is 44.6 Å². The third-order valence-corrected chi connectivity index (χ3v) is 5.85. The van der Waals surface area contributed by atoms with Crippen molar-refractivity contribution in [2.24, 2.45) is 0 Å². The highest BCUT2D eigenvalue weighted by atomic mass is 15.1. The van der Waals surface area contributed by atoms with Crippen LogP contribution < -0.4 is 10.6 Å². The zero-order valence-corrected chi connectivity index (χ0v) is 16.5. The summed E-state index contributed by atoms with van der Waals surface area (Å²) in [5.41, 5.74) is 18.1. The topological polar surface area (TPSA) is 29.3 Å². The van der Waals surface area contributed by atoms with Crippen LogP contribution in [-0.4, -0.2) is 13.1 Å². The lowest BCUT2D eigenvalue weighted by molar-refractivity contribution is 0.866. The first kappa shape index (κ1) is 17.7. The van der Waals surface area contributed by atoms with Crippen LogP contribution in [0, 0.1) is 6.92 Å². The van der Waals surface area contributed by atoms with Crippen molar-refractivity contribution in [3.05, 3.63) is 82.4 Å². The van der Waals surface area contributed by atoms with Crippen LogP contribution in [0.1, 0.15) is 41.7 Å². The predicted molar refractivity (Wildman–Crippen MR) is 117 cm³/mol. The van der Waals surface area contributed by atoms with Gasteiger partial charge in [-0.25, -0.2) is 0 Å². The molecular formula is C25H28N2. The SMILES string of the molecule is CCN(CC)c1cc(N)c2c(c1)-c1cc(C)c(Cc3ccccc3)cc1C2. The van der Waals surface area contributed by atoms with Crippen molar-refractivity contribution in [2.75, 3.05) is 23.7 Å². The van der Waals surface area contributed by atoms with Gasteiger partial charge in [-0.1, -0.05) is 42.5 Å². The fraction of sp³-hybridized carbons (Fsp3) is 0.280. The summed E-state index contributed by atoms with van der Waals surface area (Å²) in [7, 11) is 0. The molecule has 0 saturated carbocycles. The van der Waals surface area contributed by atoms with Gasteiger partial charge in [0.15, 0.2) is 0 Å². The minimum Gasteiger partial charge on any atom is -0.398 e. The first-order valence-electron chi connectivity index (χ1n) is 9.94. The minimum absolute atomic E-state index is 0.924. The Hall–Kier alpha value is -2.74. The van der Waals surface area contributed by atoms with Crippen LogP contribution in [0.15, 0.2) is 54.6 Å². The van der Waals surface area contributed by atoms with Crippen LogP contribution in [0.4, 0.5) is 11.4 Å². The van der Waals surface area contributed by atoms with Crippen molar-refractivity contribution in [1.82, 2.24) is 0 Å². The van der Waals surface area contributed by atoms with Crippen molar-refractivity contribution >= 4 is 11.4 Å². The van der Waals surface area contributed by atoms with Gasteiger partial charge < -0.3 is 10.6 Å². The average Bonchev–Trinajstić information content (AvgIpc) is 3.02. The Morgan fingerprint density at radius 2 is 1.67 bits per heavy atom. The quantitative estimate of drug-likeness (QED) is 0.473. The number of fused-ring (bicyclic) bond motifs is 3. The highest BCUT2D eigenvalue weighted by Crippen LogP contribution is 2.43. The Kier molecular flexibility index (Phi) is 4.65. The molecule has 0 bridgehead atoms. The number of nitrogens with two attached hydrogens (primary N) is 1. The molecule has 0 amide bonds. The van der Waals surface area contributed by atoms with E-state index in [0.717, 1.165) is 31.6 Å². The molecule has 1 aliphatic carbocycles. The van der Waals surface area contributed by atoms with E-state index in [2.05, 4.69) is 80.3 Å². The molecule has 0 fully saturated rings. The number of hydrogen-bond donors (Lipinski definition) is 1. The van der Waals surface area contributed by atoms with Crippen molar-refractivity contribution in [3.8, 4) is 11.1 Å². The molecule has 0 radical (unpaired) electrons. The highest BCUT2D eigenvalue weighted by molar-refractivity contribution is 5.85. The van der Waals surface area contributed by atoms with Crippen molar-refractivity contribution in [1.29, 1.82) is 0 Å². The van der Waals surface area contributed by atoms with Crippen LogP contribution >= 0.6 is 0 Å². The summed E-state index contributed by atoms with van der Waals surface area (Å²) in [6.07, 6.45) is 1.92. The number of rotatable bonds is 5. The third-order valence-electron chi connectivity index (χ3n) is 5.85. The molecule has 0 atom stereocenters. The van der Waals surface area contributed by atoms with Crippen LogP contribution in [0.5, 0.6) is 0 Å². The summed E-state index contributed by atoms with van der Waals surface area (Å²) in [5.74, 6) is 0. The van der Waals surface area contributed by atoms with Crippen LogP contribution in [0.3, 0.4) is 0 Å². The largest absolute Gasteiger partial charge is 0.398 e. The number of hydrogen-bond acceptors (Lipinski definition) is 2. The number of aryl methyl sites for hydroxylation is 1. The van der Waals surface area contributed by atoms with E-state index in [4.69, 9.17) is 5.73 Å². The Morgan fingerprint density at radius 1 is 0.926 bits per heavy atom. The summed E-state index contributed by atoms with van der Waals surface area (Å²) in [5, 5.41) is 0. The Bertz CT molecular complexity index is 969. The van der Waals surface area contributed by atoms with Gasteiger partial charge in [-0.05, 0) is 78.3 Å². The van der Waals surface area contributed by atoms with E-state index in [1.54, 1.807) is 0 Å². The lowest BCUT2D eigenvalue weighted by Gasteiger charge is -2.22. The maximum atomic E-state index is 6.47. The summed E-state index contributed by atoms with van der Waals surface area (Å²) in [6, 6.07) is 20.0. The molecule has 0 heterocycles. The lowest BCUT2D eigenvalue weighted by Crippen LogP contribution is -2.22. The minimum atomic E-state index is 0.924. The molecule has 3 aromatic carbocycles. The van der Waals surface area contributed by atoms with Gasteiger partial charge in [0, 0.05) is 30.9 Å². The van der Waals surface area contributed by atoms with E-state index in [1.807, 2.05) is 0 Å².